The minimum atomic E-state index is -0.583. The molecule has 0 aliphatic heterocycles. The van der Waals surface area contributed by atoms with Gasteiger partial charge < -0.3 is 10.5 Å². The van der Waals surface area contributed by atoms with Crippen LogP contribution in [-0.2, 0) is 9.53 Å². The van der Waals surface area contributed by atoms with E-state index in [1.807, 2.05) is 13.8 Å². The molecule has 0 bridgehead atoms. The molecule has 70 valence electrons. The van der Waals surface area contributed by atoms with Gasteiger partial charge in [0.05, 0.1) is 7.11 Å². The highest BCUT2D eigenvalue weighted by Crippen LogP contribution is 2.24. The van der Waals surface area contributed by atoms with E-state index < -0.39 is 6.04 Å². The molecule has 0 aromatic carbocycles. The first-order chi connectivity index (χ1) is 5.45. The molecule has 0 radical (unpaired) electrons. The third-order valence-electron chi connectivity index (χ3n) is 1.97. The molecule has 0 spiro atoms. The largest absolute Gasteiger partial charge is 0.468 e. The van der Waals surface area contributed by atoms with Gasteiger partial charge in [0, 0.05) is 0 Å². The molecule has 0 rings (SSSR count). The van der Waals surface area contributed by atoms with E-state index in [4.69, 9.17) is 5.73 Å². The minimum Gasteiger partial charge on any atom is -0.468 e. The third-order valence-corrected chi connectivity index (χ3v) is 1.97. The highest BCUT2D eigenvalue weighted by atomic mass is 16.5. The average Bonchev–Trinajstić information content (AvgIpc) is 2.01. The normalized spacial score (nSPS) is 13.7. The topological polar surface area (TPSA) is 52.3 Å². The van der Waals surface area contributed by atoms with Crippen LogP contribution < -0.4 is 5.73 Å². The van der Waals surface area contributed by atoms with Gasteiger partial charge in [-0.15, -0.1) is 6.58 Å². The summed E-state index contributed by atoms with van der Waals surface area (Å²) in [7, 11) is 1.34. The molecule has 0 aliphatic carbocycles. The lowest BCUT2D eigenvalue weighted by Gasteiger charge is -2.27. The van der Waals surface area contributed by atoms with Crippen molar-refractivity contribution in [3.8, 4) is 0 Å². The van der Waals surface area contributed by atoms with Crippen molar-refractivity contribution >= 4 is 5.97 Å². The fourth-order valence-corrected chi connectivity index (χ4v) is 0.945. The first-order valence-electron chi connectivity index (χ1n) is 3.90. The van der Waals surface area contributed by atoms with Crippen molar-refractivity contribution in [2.24, 2.45) is 11.1 Å². The Labute approximate surface area is 73.6 Å². The Kier molecular flexibility index (Phi) is 3.96. The number of allylic oxidation sites excluding steroid dienone is 1. The summed E-state index contributed by atoms with van der Waals surface area (Å²) < 4.78 is 4.55. The van der Waals surface area contributed by atoms with E-state index in [0.717, 1.165) is 0 Å². The summed E-state index contributed by atoms with van der Waals surface area (Å²) in [4.78, 5) is 11.1. The molecule has 0 aromatic heterocycles. The molecular formula is C9H17NO2. The van der Waals surface area contributed by atoms with Crippen molar-refractivity contribution in [3.63, 3.8) is 0 Å². The van der Waals surface area contributed by atoms with Crippen LogP contribution in [-0.4, -0.2) is 19.1 Å². The van der Waals surface area contributed by atoms with Crippen LogP contribution in [0.15, 0.2) is 12.7 Å². The van der Waals surface area contributed by atoms with Crippen LogP contribution in [0.5, 0.6) is 0 Å². The monoisotopic (exact) mass is 171 g/mol. The second-order valence-corrected chi connectivity index (χ2v) is 3.48. The van der Waals surface area contributed by atoms with Gasteiger partial charge >= 0.3 is 5.97 Å². The van der Waals surface area contributed by atoms with Crippen LogP contribution in [0.25, 0.3) is 0 Å². The molecule has 0 aromatic rings. The third kappa shape index (κ3) is 2.66. The molecule has 12 heavy (non-hydrogen) atoms. The van der Waals surface area contributed by atoms with E-state index in [1.165, 1.54) is 7.11 Å². The molecule has 0 heterocycles. The molecule has 0 saturated heterocycles. The van der Waals surface area contributed by atoms with Gasteiger partial charge in [-0.2, -0.15) is 0 Å². The number of ether oxygens (including phenoxy) is 1. The van der Waals surface area contributed by atoms with Crippen molar-refractivity contribution in [1.82, 2.24) is 0 Å². The van der Waals surface area contributed by atoms with Crippen molar-refractivity contribution in [3.05, 3.63) is 12.7 Å². The quantitative estimate of drug-likeness (QED) is 0.509. The Morgan fingerprint density at radius 3 is 2.58 bits per heavy atom. The number of hydrogen-bond acceptors (Lipinski definition) is 3. The predicted molar refractivity (Wildman–Crippen MR) is 48.6 cm³/mol. The zero-order valence-electron chi connectivity index (χ0n) is 7.96. The minimum absolute atomic E-state index is 0.283. The van der Waals surface area contributed by atoms with E-state index in [9.17, 15) is 4.79 Å². The van der Waals surface area contributed by atoms with Gasteiger partial charge in [0.2, 0.25) is 0 Å². The van der Waals surface area contributed by atoms with E-state index in [1.54, 1.807) is 6.08 Å². The number of rotatable bonds is 4. The zero-order chi connectivity index (χ0) is 9.78. The standard InChI is InChI=1S/C9H17NO2/c1-5-6-9(2,3)7(10)8(11)12-4/h5,7H,1,6,10H2,2-4H3. The second-order valence-electron chi connectivity index (χ2n) is 3.48. The first-order valence-corrected chi connectivity index (χ1v) is 3.90. The van der Waals surface area contributed by atoms with Crippen molar-refractivity contribution in [2.45, 2.75) is 26.3 Å². The maximum absolute atomic E-state index is 11.1. The van der Waals surface area contributed by atoms with Crippen LogP contribution in [0.3, 0.4) is 0 Å². The van der Waals surface area contributed by atoms with Gasteiger partial charge in [0.1, 0.15) is 6.04 Å². The van der Waals surface area contributed by atoms with E-state index in [-0.39, 0.29) is 11.4 Å². The number of carbonyl (C=O) groups is 1. The fourth-order valence-electron chi connectivity index (χ4n) is 0.945. The van der Waals surface area contributed by atoms with Crippen molar-refractivity contribution < 1.29 is 9.53 Å². The van der Waals surface area contributed by atoms with E-state index >= 15 is 0 Å². The van der Waals surface area contributed by atoms with Crippen LogP contribution in [0.4, 0.5) is 0 Å². The van der Waals surface area contributed by atoms with Crippen LogP contribution in [0.1, 0.15) is 20.3 Å². The second kappa shape index (κ2) is 4.26. The summed E-state index contributed by atoms with van der Waals surface area (Å²) in [6.07, 6.45) is 2.45. The Morgan fingerprint density at radius 2 is 2.25 bits per heavy atom. The zero-order valence-corrected chi connectivity index (χ0v) is 7.96. The Hall–Kier alpha value is -0.830. The molecule has 3 nitrogen and oxygen atoms in total. The predicted octanol–water partition coefficient (Wildman–Crippen LogP) is 1.09. The Bertz CT molecular complexity index is 175. The van der Waals surface area contributed by atoms with Crippen LogP contribution in [0.2, 0.25) is 0 Å². The maximum Gasteiger partial charge on any atom is 0.323 e. The summed E-state index contributed by atoms with van der Waals surface area (Å²) in [5.74, 6) is -0.373. The lowest BCUT2D eigenvalue weighted by molar-refractivity contribution is -0.144. The summed E-state index contributed by atoms with van der Waals surface area (Å²) in [5.41, 5.74) is 5.39. The number of esters is 1. The van der Waals surface area contributed by atoms with Crippen molar-refractivity contribution in [2.75, 3.05) is 7.11 Å². The van der Waals surface area contributed by atoms with Gasteiger partial charge in [-0.1, -0.05) is 19.9 Å². The van der Waals surface area contributed by atoms with Crippen molar-refractivity contribution in [1.29, 1.82) is 0 Å². The van der Waals surface area contributed by atoms with Gasteiger partial charge in [0.25, 0.3) is 0 Å². The molecule has 0 amide bonds. The molecule has 0 aliphatic rings. The first kappa shape index (κ1) is 11.2. The summed E-state index contributed by atoms with van der Waals surface area (Å²) in [6.45, 7) is 7.43. The molecule has 0 fully saturated rings. The molecular weight excluding hydrogens is 154 g/mol. The highest BCUT2D eigenvalue weighted by molar-refractivity contribution is 5.76. The summed E-state index contributed by atoms with van der Waals surface area (Å²) in [5, 5.41) is 0. The molecule has 0 saturated carbocycles. The Morgan fingerprint density at radius 1 is 1.75 bits per heavy atom. The lowest BCUT2D eigenvalue weighted by atomic mass is 9.82. The molecule has 1 atom stereocenters. The average molecular weight is 171 g/mol. The van der Waals surface area contributed by atoms with Crippen LogP contribution >= 0.6 is 0 Å². The number of methoxy groups -OCH3 is 1. The summed E-state index contributed by atoms with van der Waals surface area (Å²) >= 11 is 0. The van der Waals surface area contributed by atoms with E-state index in [2.05, 4.69) is 11.3 Å². The van der Waals surface area contributed by atoms with Crippen LogP contribution in [0, 0.1) is 5.41 Å². The van der Waals surface area contributed by atoms with Gasteiger partial charge in [-0.25, -0.2) is 0 Å². The van der Waals surface area contributed by atoms with Gasteiger partial charge in [-0.05, 0) is 11.8 Å². The fraction of sp³-hybridized carbons (Fsp3) is 0.667. The SMILES string of the molecule is C=CCC(C)(C)C(N)C(=O)OC. The smallest absolute Gasteiger partial charge is 0.323 e. The number of carbonyl (C=O) groups excluding carboxylic acids is 1. The number of hydrogen-bond donors (Lipinski definition) is 1. The van der Waals surface area contributed by atoms with E-state index in [0.29, 0.717) is 6.42 Å². The number of nitrogens with two attached hydrogens (primary N) is 1. The Balaban J connectivity index is 4.32. The lowest BCUT2D eigenvalue weighted by Crippen LogP contribution is -2.44. The van der Waals surface area contributed by atoms with Gasteiger partial charge in [0.15, 0.2) is 0 Å². The van der Waals surface area contributed by atoms with Gasteiger partial charge in [-0.3, -0.25) is 4.79 Å². The molecule has 2 N–H and O–H groups in total. The maximum atomic E-state index is 11.1. The molecule has 3 heteroatoms. The summed E-state index contributed by atoms with van der Waals surface area (Å²) in [6, 6.07) is -0.583. The highest BCUT2D eigenvalue weighted by Gasteiger charge is 2.31. The molecule has 1 unspecified atom stereocenters.